The van der Waals surface area contributed by atoms with Gasteiger partial charge in [0.25, 0.3) is 0 Å². The molecular formula is C29H30ClF2N5O4S. The lowest BCUT2D eigenvalue weighted by molar-refractivity contribution is -0.149. The molecule has 13 heteroatoms. The molecule has 2 atom stereocenters. The van der Waals surface area contributed by atoms with Crippen LogP contribution in [0.3, 0.4) is 0 Å². The van der Waals surface area contributed by atoms with Gasteiger partial charge in [-0.1, -0.05) is 25.1 Å². The van der Waals surface area contributed by atoms with Crippen molar-refractivity contribution in [2.75, 3.05) is 14.2 Å². The Kier molecular flexibility index (Phi) is 8.47. The van der Waals surface area contributed by atoms with Crippen LogP contribution in [0, 0.1) is 23.5 Å². The lowest BCUT2D eigenvalue weighted by Gasteiger charge is -2.33. The summed E-state index contributed by atoms with van der Waals surface area (Å²) in [6.07, 6.45) is 6.93. The average Bonchev–Trinajstić information content (AvgIpc) is 3.64. The van der Waals surface area contributed by atoms with E-state index in [4.69, 9.17) is 31.2 Å². The molecule has 1 aliphatic heterocycles. The van der Waals surface area contributed by atoms with Gasteiger partial charge in [-0.2, -0.15) is 5.10 Å². The second-order valence-corrected chi connectivity index (χ2v) is 11.6. The molecule has 2 aliphatic carbocycles. The Labute approximate surface area is 250 Å². The predicted octanol–water partition coefficient (Wildman–Crippen LogP) is 5.35. The summed E-state index contributed by atoms with van der Waals surface area (Å²) < 4.78 is 40.5. The van der Waals surface area contributed by atoms with Crippen molar-refractivity contribution in [3.8, 4) is 0 Å². The van der Waals surface area contributed by atoms with Crippen LogP contribution in [-0.2, 0) is 31.9 Å². The number of halogens is 3. The van der Waals surface area contributed by atoms with Gasteiger partial charge in [0.2, 0.25) is 0 Å². The number of esters is 2. The summed E-state index contributed by atoms with van der Waals surface area (Å²) in [5, 5.41) is 10.1. The fraction of sp³-hybridized carbons (Fsp3) is 0.414. The monoisotopic (exact) mass is 617 g/mol. The average molecular weight is 618 g/mol. The van der Waals surface area contributed by atoms with E-state index >= 15 is 0 Å². The minimum absolute atomic E-state index is 0. The Hall–Kier alpha value is -3.64. The summed E-state index contributed by atoms with van der Waals surface area (Å²) in [6.45, 7) is 0. The highest BCUT2D eigenvalue weighted by atomic mass is 35.5. The maximum absolute atomic E-state index is 14.6. The molecule has 222 valence electrons. The van der Waals surface area contributed by atoms with Crippen molar-refractivity contribution >= 4 is 40.7 Å². The van der Waals surface area contributed by atoms with Crippen molar-refractivity contribution in [1.82, 2.24) is 20.1 Å². The van der Waals surface area contributed by atoms with Gasteiger partial charge in [0.1, 0.15) is 6.04 Å². The SMILES string of the molecule is C.COC(=O)C1=C(C2CCc3nn(C4CC(C(=O)OC)C4)cc3C2)NC(c2nccs2)=NC1c1ccc(F)c(F)c1Cl. The van der Waals surface area contributed by atoms with Crippen LogP contribution in [0.25, 0.3) is 0 Å². The van der Waals surface area contributed by atoms with Crippen molar-refractivity contribution in [1.29, 1.82) is 0 Å². The first kappa shape index (κ1) is 29.8. The van der Waals surface area contributed by atoms with E-state index in [2.05, 4.69) is 10.3 Å². The molecule has 3 aliphatic rings. The van der Waals surface area contributed by atoms with E-state index in [1.54, 1.807) is 11.6 Å². The minimum atomic E-state index is -1.21. The topological polar surface area (TPSA) is 108 Å². The number of aliphatic imine (C=N–C) groups is 1. The number of benzene rings is 1. The molecule has 0 radical (unpaired) electrons. The number of carbonyl (C=O) groups is 2. The number of hydrogen-bond donors (Lipinski definition) is 1. The van der Waals surface area contributed by atoms with Gasteiger partial charge in [0, 0.05) is 35.0 Å². The molecule has 9 nitrogen and oxygen atoms in total. The number of nitrogens with zero attached hydrogens (tertiary/aromatic N) is 4. The Morgan fingerprint density at radius 1 is 1.19 bits per heavy atom. The molecule has 0 saturated heterocycles. The summed E-state index contributed by atoms with van der Waals surface area (Å²) in [6, 6.07) is 1.39. The summed E-state index contributed by atoms with van der Waals surface area (Å²) in [7, 11) is 2.66. The molecule has 6 rings (SSSR count). The Bertz CT molecular complexity index is 1580. The first-order valence-corrected chi connectivity index (χ1v) is 14.4. The molecule has 2 unspecified atom stereocenters. The smallest absolute Gasteiger partial charge is 0.338 e. The van der Waals surface area contributed by atoms with Crippen LogP contribution in [-0.4, -0.2) is 46.8 Å². The van der Waals surface area contributed by atoms with Crippen molar-refractivity contribution < 1.29 is 27.8 Å². The predicted molar refractivity (Wildman–Crippen MR) is 153 cm³/mol. The van der Waals surface area contributed by atoms with E-state index in [0.29, 0.717) is 48.6 Å². The molecule has 3 heterocycles. The summed E-state index contributed by atoms with van der Waals surface area (Å²) >= 11 is 7.63. The maximum atomic E-state index is 14.6. The van der Waals surface area contributed by atoms with E-state index in [-0.39, 0.29) is 42.4 Å². The molecular weight excluding hydrogens is 588 g/mol. The van der Waals surface area contributed by atoms with Crippen LogP contribution < -0.4 is 5.32 Å². The highest BCUT2D eigenvalue weighted by Crippen LogP contribution is 2.43. The summed E-state index contributed by atoms with van der Waals surface area (Å²) in [5.41, 5.74) is 2.93. The van der Waals surface area contributed by atoms with Gasteiger partial charge < -0.3 is 14.8 Å². The zero-order valence-electron chi connectivity index (χ0n) is 22.2. The van der Waals surface area contributed by atoms with E-state index in [9.17, 15) is 18.4 Å². The van der Waals surface area contributed by atoms with Crippen molar-refractivity contribution in [2.45, 2.75) is 51.6 Å². The lowest BCUT2D eigenvalue weighted by Crippen LogP contribution is -2.38. The number of hydrogen-bond acceptors (Lipinski definition) is 9. The maximum Gasteiger partial charge on any atom is 0.338 e. The number of aryl methyl sites for hydroxylation is 1. The summed E-state index contributed by atoms with van der Waals surface area (Å²) in [4.78, 5) is 34.2. The van der Waals surface area contributed by atoms with E-state index in [1.807, 2.05) is 10.9 Å². The number of carbonyl (C=O) groups excluding carboxylic acids is 2. The first-order valence-electron chi connectivity index (χ1n) is 13.1. The highest BCUT2D eigenvalue weighted by molar-refractivity contribution is 7.11. The Balaban J connectivity index is 0.00000353. The van der Waals surface area contributed by atoms with E-state index in [0.717, 1.165) is 17.3 Å². The van der Waals surface area contributed by atoms with Gasteiger partial charge in [-0.3, -0.25) is 14.5 Å². The molecule has 2 aromatic heterocycles. The van der Waals surface area contributed by atoms with Gasteiger partial charge in [0.05, 0.1) is 42.5 Å². The second kappa shape index (κ2) is 11.9. The quantitative estimate of drug-likeness (QED) is 0.293. The third kappa shape index (κ3) is 5.22. The van der Waals surface area contributed by atoms with E-state index in [1.165, 1.54) is 31.6 Å². The van der Waals surface area contributed by atoms with Gasteiger partial charge in [-0.25, -0.2) is 18.6 Å². The number of amidine groups is 1. The first-order chi connectivity index (χ1) is 19.8. The molecule has 42 heavy (non-hydrogen) atoms. The summed E-state index contributed by atoms with van der Waals surface area (Å²) in [5.74, 6) is -3.01. The second-order valence-electron chi connectivity index (χ2n) is 10.3. The number of fused-ring (bicyclic) bond motifs is 1. The van der Waals surface area contributed by atoms with Gasteiger partial charge >= 0.3 is 11.9 Å². The van der Waals surface area contributed by atoms with Gasteiger partial charge in [-0.05, 0) is 43.7 Å². The van der Waals surface area contributed by atoms with Crippen molar-refractivity contribution in [3.63, 3.8) is 0 Å². The van der Waals surface area contributed by atoms with Gasteiger partial charge in [0.15, 0.2) is 22.5 Å². The number of nitrogens with one attached hydrogen (secondary N) is 1. The molecule has 0 spiro atoms. The number of ether oxygens (including phenoxy) is 2. The number of allylic oxidation sites excluding steroid dienone is 1. The molecule has 3 aromatic rings. The number of rotatable bonds is 6. The molecule has 1 saturated carbocycles. The van der Waals surface area contributed by atoms with Crippen molar-refractivity contribution in [2.24, 2.45) is 16.8 Å². The van der Waals surface area contributed by atoms with Crippen LogP contribution in [0.15, 0.2) is 46.2 Å². The Morgan fingerprint density at radius 2 is 1.98 bits per heavy atom. The molecule has 1 N–H and O–H groups in total. The highest BCUT2D eigenvalue weighted by Gasteiger charge is 2.40. The lowest BCUT2D eigenvalue weighted by atomic mass is 9.80. The fourth-order valence-corrected chi connectivity index (χ4v) is 6.61. The Morgan fingerprint density at radius 3 is 2.67 bits per heavy atom. The number of aromatic nitrogens is 3. The molecule has 0 amide bonds. The van der Waals surface area contributed by atoms with Crippen LogP contribution >= 0.6 is 22.9 Å². The van der Waals surface area contributed by atoms with Gasteiger partial charge in [-0.15, -0.1) is 11.3 Å². The largest absolute Gasteiger partial charge is 0.469 e. The zero-order chi connectivity index (χ0) is 28.8. The molecule has 0 bridgehead atoms. The van der Waals surface area contributed by atoms with Crippen LogP contribution in [0.2, 0.25) is 5.02 Å². The third-order valence-corrected chi connectivity index (χ3v) is 9.16. The molecule has 1 aromatic carbocycles. The third-order valence-electron chi connectivity index (χ3n) is 8.00. The molecule has 1 fully saturated rings. The van der Waals surface area contributed by atoms with Crippen LogP contribution in [0.5, 0.6) is 0 Å². The van der Waals surface area contributed by atoms with E-state index < -0.39 is 28.7 Å². The van der Waals surface area contributed by atoms with Crippen LogP contribution in [0.1, 0.15) is 60.6 Å². The van der Waals surface area contributed by atoms with Crippen molar-refractivity contribution in [3.05, 3.63) is 79.7 Å². The number of methoxy groups -OCH3 is 2. The minimum Gasteiger partial charge on any atom is -0.469 e. The van der Waals surface area contributed by atoms with Crippen LogP contribution in [0.4, 0.5) is 8.78 Å². The normalized spacial score (nSPS) is 23.1. The fourth-order valence-electron chi connectivity index (χ4n) is 5.77. The number of thiazole rings is 1. The standard InChI is InChI=1S/C28H26ClF2N5O4S.CH4/c1-39-27(37)14-10-16(11-14)36-12-15-9-13(3-6-19(15)35-36)23-20(28(38)40-2)24(17-4-5-18(30)22(31)21(17)29)34-25(33-23)26-32-7-8-41-26;/h4-5,7-8,12-14,16,24H,3,6,9-11H2,1-2H3,(H,33,34);1H4. The zero-order valence-corrected chi connectivity index (χ0v) is 23.8.